The molecule has 0 N–H and O–H groups in total. The van der Waals surface area contributed by atoms with E-state index in [0.717, 1.165) is 19.3 Å². The summed E-state index contributed by atoms with van der Waals surface area (Å²) >= 11 is 0. The van der Waals surface area contributed by atoms with Gasteiger partial charge in [-0.25, -0.2) is 4.90 Å². The second kappa shape index (κ2) is 8.19. The quantitative estimate of drug-likeness (QED) is 0.500. The number of methoxy groups -OCH3 is 2. The number of aryl methyl sites for hydroxylation is 2. The summed E-state index contributed by atoms with van der Waals surface area (Å²) in [5, 5.41) is 13.6. The van der Waals surface area contributed by atoms with E-state index in [1.807, 2.05) is 18.2 Å². The Morgan fingerprint density at radius 2 is 1.89 bits per heavy atom. The third-order valence-corrected chi connectivity index (χ3v) is 6.61. The number of benzene rings is 2. The summed E-state index contributed by atoms with van der Waals surface area (Å²) in [6.45, 7) is 0.0349. The Balaban J connectivity index is 1.22. The van der Waals surface area contributed by atoms with Gasteiger partial charge in [0.15, 0.2) is 12.1 Å². The topological polar surface area (TPSA) is 123 Å². The predicted octanol–water partition coefficient (Wildman–Crippen LogP) is 2.74. The van der Waals surface area contributed by atoms with Crippen LogP contribution in [-0.2, 0) is 29.0 Å². The monoisotopic (exact) mass is 474 g/mol. The largest absolute Gasteiger partial charge is 0.497 e. The molecule has 1 fully saturated rings. The summed E-state index contributed by atoms with van der Waals surface area (Å²) in [4.78, 5) is 32.0. The van der Waals surface area contributed by atoms with Crippen molar-refractivity contribution >= 4 is 17.5 Å². The van der Waals surface area contributed by atoms with Gasteiger partial charge >= 0.3 is 0 Å². The first-order valence-corrected chi connectivity index (χ1v) is 11.3. The average Bonchev–Trinajstić information content (AvgIpc) is 3.66. The van der Waals surface area contributed by atoms with Gasteiger partial charge in [-0.15, -0.1) is 0 Å². The molecule has 35 heavy (non-hydrogen) atoms. The molecule has 3 heterocycles. The van der Waals surface area contributed by atoms with Crippen LogP contribution >= 0.6 is 0 Å². The van der Waals surface area contributed by atoms with Crippen molar-refractivity contribution in [1.29, 1.82) is 0 Å². The molecular weight excluding hydrogens is 452 g/mol. The highest BCUT2D eigenvalue weighted by atomic mass is 16.5. The number of anilines is 1. The number of fused-ring (bicyclic) bond motifs is 2. The second-order valence-corrected chi connectivity index (χ2v) is 8.59. The molecule has 11 nitrogen and oxygen atoms in total. The minimum atomic E-state index is -0.889. The highest BCUT2D eigenvalue weighted by molar-refractivity contribution is 6.25. The van der Waals surface area contributed by atoms with Crippen LogP contribution in [0.3, 0.4) is 0 Å². The summed E-state index contributed by atoms with van der Waals surface area (Å²) in [6, 6.07) is 9.29. The van der Waals surface area contributed by atoms with E-state index in [4.69, 9.17) is 14.0 Å². The van der Waals surface area contributed by atoms with Gasteiger partial charge in [-0.1, -0.05) is 16.4 Å². The molecule has 2 aromatic carbocycles. The van der Waals surface area contributed by atoms with Crippen molar-refractivity contribution in [2.24, 2.45) is 10.3 Å². The highest BCUT2D eigenvalue weighted by Gasteiger charge is 2.55. The predicted molar refractivity (Wildman–Crippen MR) is 122 cm³/mol. The number of amides is 2. The van der Waals surface area contributed by atoms with Gasteiger partial charge in [0.05, 0.1) is 25.5 Å². The second-order valence-electron chi connectivity index (χ2n) is 8.59. The molecule has 2 aliphatic heterocycles. The van der Waals surface area contributed by atoms with E-state index < -0.39 is 12.1 Å². The molecule has 1 aromatic heterocycles. The third-order valence-electron chi connectivity index (χ3n) is 6.61. The molecule has 3 aromatic rings. The third kappa shape index (κ3) is 3.42. The van der Waals surface area contributed by atoms with E-state index in [1.165, 1.54) is 21.0 Å². The van der Waals surface area contributed by atoms with Crippen molar-refractivity contribution in [2.75, 3.05) is 19.1 Å². The van der Waals surface area contributed by atoms with Gasteiger partial charge in [0, 0.05) is 6.07 Å². The van der Waals surface area contributed by atoms with Crippen LogP contribution in [0.5, 0.6) is 11.5 Å². The van der Waals surface area contributed by atoms with E-state index >= 15 is 0 Å². The zero-order valence-electron chi connectivity index (χ0n) is 19.2. The highest BCUT2D eigenvalue weighted by Crippen LogP contribution is 2.36. The van der Waals surface area contributed by atoms with Crippen LogP contribution in [-0.4, -0.2) is 53.3 Å². The van der Waals surface area contributed by atoms with Crippen LogP contribution in [0, 0.1) is 0 Å². The summed E-state index contributed by atoms with van der Waals surface area (Å²) in [6.07, 6.45) is 3.07. The first kappa shape index (κ1) is 21.3. The number of imide groups is 1. The lowest BCUT2D eigenvalue weighted by Crippen LogP contribution is -2.39. The van der Waals surface area contributed by atoms with E-state index in [1.54, 1.807) is 32.4 Å². The molecule has 3 aliphatic rings. The van der Waals surface area contributed by atoms with Crippen molar-refractivity contribution in [3.63, 3.8) is 0 Å². The number of rotatable bonds is 6. The molecule has 2 amide bonds. The Morgan fingerprint density at radius 3 is 2.71 bits per heavy atom. The van der Waals surface area contributed by atoms with Crippen molar-refractivity contribution < 1.29 is 23.6 Å². The van der Waals surface area contributed by atoms with Crippen LogP contribution in [0.25, 0.3) is 11.4 Å². The van der Waals surface area contributed by atoms with Gasteiger partial charge in [-0.05, 0) is 54.7 Å². The molecule has 0 saturated carbocycles. The average molecular weight is 474 g/mol. The number of aromatic nitrogens is 2. The Bertz CT molecular complexity index is 1370. The van der Waals surface area contributed by atoms with Crippen molar-refractivity contribution in [3.05, 3.63) is 53.4 Å². The number of carbonyl (C=O) groups excluding carboxylic acids is 2. The molecular formula is C24H22N6O5. The van der Waals surface area contributed by atoms with Gasteiger partial charge in [0.25, 0.3) is 11.8 Å². The van der Waals surface area contributed by atoms with Crippen molar-refractivity contribution in [3.8, 4) is 22.9 Å². The van der Waals surface area contributed by atoms with Crippen LogP contribution in [0.1, 0.15) is 23.4 Å². The first-order chi connectivity index (χ1) is 17.1. The van der Waals surface area contributed by atoms with Crippen molar-refractivity contribution in [2.45, 2.75) is 37.9 Å². The van der Waals surface area contributed by atoms with Crippen LogP contribution in [0.4, 0.5) is 5.69 Å². The summed E-state index contributed by atoms with van der Waals surface area (Å²) in [5.41, 5.74) is 3.66. The maximum absolute atomic E-state index is 13.3. The Labute approximate surface area is 200 Å². The lowest BCUT2D eigenvalue weighted by Gasteiger charge is -2.19. The molecule has 0 unspecified atom stereocenters. The molecule has 0 spiro atoms. The van der Waals surface area contributed by atoms with E-state index in [9.17, 15) is 9.59 Å². The maximum atomic E-state index is 13.3. The van der Waals surface area contributed by atoms with Crippen LogP contribution in [0.2, 0.25) is 0 Å². The minimum absolute atomic E-state index is 0.0349. The van der Waals surface area contributed by atoms with Crippen LogP contribution in [0.15, 0.2) is 51.3 Å². The zero-order chi connectivity index (χ0) is 24.1. The fraction of sp³-hybridized carbons (Fsp3) is 0.333. The fourth-order valence-corrected chi connectivity index (χ4v) is 4.86. The molecule has 2 atom stereocenters. The standard InChI is InChI=1S/C24H22N6O5/c1-33-16-8-9-17(18(11-16)34-2)22-25-19(35-27-22)12-29-21-20(26-28-29)23(31)30(24(21)32)15-7-6-13-4-3-5-14(13)10-15/h6-11,20-21H,3-5,12H2,1-2H3/t20-,21-/m0/s1. The number of hydrogen-bond acceptors (Lipinski definition) is 10. The lowest BCUT2D eigenvalue weighted by atomic mass is 10.1. The maximum Gasteiger partial charge on any atom is 0.263 e. The molecule has 0 radical (unpaired) electrons. The van der Waals surface area contributed by atoms with Gasteiger partial charge < -0.3 is 14.0 Å². The summed E-state index contributed by atoms with van der Waals surface area (Å²) in [7, 11) is 3.11. The summed E-state index contributed by atoms with van der Waals surface area (Å²) in [5.74, 6) is 0.974. The van der Waals surface area contributed by atoms with Gasteiger partial charge in [-0.2, -0.15) is 10.1 Å². The molecule has 1 aliphatic carbocycles. The van der Waals surface area contributed by atoms with E-state index in [0.29, 0.717) is 28.6 Å². The normalized spacial score (nSPS) is 20.5. The number of ether oxygens (including phenoxy) is 2. The van der Waals surface area contributed by atoms with Crippen molar-refractivity contribution in [1.82, 2.24) is 15.1 Å². The summed E-state index contributed by atoms with van der Waals surface area (Å²) < 4.78 is 16.0. The zero-order valence-corrected chi connectivity index (χ0v) is 19.2. The van der Waals surface area contributed by atoms with E-state index in [-0.39, 0.29) is 24.2 Å². The Kier molecular flexibility index (Phi) is 4.97. The van der Waals surface area contributed by atoms with Gasteiger partial charge in [-0.3, -0.25) is 14.6 Å². The molecule has 1 saturated heterocycles. The van der Waals surface area contributed by atoms with Gasteiger partial charge in [0.2, 0.25) is 11.7 Å². The number of hydrogen-bond donors (Lipinski definition) is 0. The smallest absolute Gasteiger partial charge is 0.263 e. The number of carbonyl (C=O) groups is 2. The molecule has 0 bridgehead atoms. The molecule has 11 heteroatoms. The molecule has 6 rings (SSSR count). The Hall–Kier alpha value is -4.28. The Morgan fingerprint density at radius 1 is 1.03 bits per heavy atom. The van der Waals surface area contributed by atoms with Gasteiger partial charge in [0.1, 0.15) is 18.0 Å². The minimum Gasteiger partial charge on any atom is -0.497 e. The SMILES string of the molecule is COc1ccc(-c2noc(CN3N=N[C@@H]4C(=O)N(c5ccc6c(c5)CCC6)C(=O)[C@H]43)n2)c(OC)c1. The molecule has 178 valence electrons. The first-order valence-electron chi connectivity index (χ1n) is 11.3. The lowest BCUT2D eigenvalue weighted by molar-refractivity contribution is -0.123. The fourth-order valence-electron chi connectivity index (χ4n) is 4.86. The van der Waals surface area contributed by atoms with E-state index in [2.05, 4.69) is 20.5 Å². The van der Waals surface area contributed by atoms with Crippen LogP contribution < -0.4 is 14.4 Å². The number of nitrogens with zero attached hydrogens (tertiary/aromatic N) is 6.